The van der Waals surface area contributed by atoms with Gasteiger partial charge in [0.15, 0.2) is 0 Å². The van der Waals surface area contributed by atoms with Gasteiger partial charge in [-0.15, -0.1) is 0 Å². The zero-order valence-corrected chi connectivity index (χ0v) is 14.1. The van der Waals surface area contributed by atoms with E-state index in [1.807, 2.05) is 19.1 Å². The summed E-state index contributed by atoms with van der Waals surface area (Å²) in [6.07, 6.45) is 0.387. The molecule has 2 aromatic rings. The van der Waals surface area contributed by atoms with E-state index in [-0.39, 0.29) is 18.0 Å². The molecule has 1 unspecified atom stereocenters. The molecule has 2 aromatic carbocycles. The van der Waals surface area contributed by atoms with E-state index in [0.29, 0.717) is 17.5 Å². The van der Waals surface area contributed by atoms with Gasteiger partial charge in [-0.25, -0.2) is 5.01 Å². The molecule has 0 fully saturated rings. The van der Waals surface area contributed by atoms with Gasteiger partial charge in [-0.3, -0.25) is 15.0 Å². The molecule has 0 saturated heterocycles. The van der Waals surface area contributed by atoms with Crippen LogP contribution in [-0.4, -0.2) is 23.0 Å². The van der Waals surface area contributed by atoms with Crippen LogP contribution in [0.1, 0.15) is 34.1 Å². The van der Waals surface area contributed by atoms with Gasteiger partial charge in [0.1, 0.15) is 6.17 Å². The molecule has 118 valence electrons. The Morgan fingerprint density at radius 1 is 1.22 bits per heavy atom. The topological polar surface area (TPSA) is 61.4 Å². The van der Waals surface area contributed by atoms with Crippen molar-refractivity contribution in [2.45, 2.75) is 19.5 Å². The summed E-state index contributed by atoms with van der Waals surface area (Å²) in [6, 6.07) is 14.3. The number of hydrogen-bond acceptors (Lipinski definition) is 3. The molecule has 1 aliphatic rings. The molecular formula is C17H16BrN3O2. The summed E-state index contributed by atoms with van der Waals surface area (Å²) in [4.78, 5) is 25.1. The van der Waals surface area contributed by atoms with E-state index in [9.17, 15) is 9.59 Å². The number of halogens is 1. The van der Waals surface area contributed by atoms with Gasteiger partial charge in [0.05, 0.1) is 5.56 Å². The fourth-order valence-corrected chi connectivity index (χ4v) is 2.76. The number of hydrazine groups is 1. The number of carbonyl (C=O) groups excluding carboxylic acids is 2. The summed E-state index contributed by atoms with van der Waals surface area (Å²) in [5.41, 5.74) is 4.55. The Hall–Kier alpha value is -2.34. The van der Waals surface area contributed by atoms with Crippen LogP contribution in [-0.2, 0) is 0 Å². The normalized spacial score (nSPS) is 16.5. The van der Waals surface area contributed by atoms with E-state index in [1.165, 1.54) is 5.01 Å². The summed E-state index contributed by atoms with van der Waals surface area (Å²) >= 11 is 3.34. The van der Waals surface area contributed by atoms with E-state index >= 15 is 0 Å². The van der Waals surface area contributed by atoms with E-state index in [4.69, 9.17) is 0 Å². The maximum Gasteiger partial charge on any atom is 0.276 e. The number of anilines is 1. The lowest BCUT2D eigenvalue weighted by atomic mass is 10.1. The SMILES string of the molecule is CCC1Nc2ccccc2C(=O)N1NC(=O)c1ccc(Br)cc1. The van der Waals surface area contributed by atoms with E-state index in [1.54, 1.807) is 36.4 Å². The van der Waals surface area contributed by atoms with Gasteiger partial charge in [-0.05, 0) is 42.8 Å². The second-order valence-corrected chi connectivity index (χ2v) is 6.15. The Labute approximate surface area is 142 Å². The van der Waals surface area contributed by atoms with Crippen molar-refractivity contribution in [1.29, 1.82) is 0 Å². The van der Waals surface area contributed by atoms with Gasteiger partial charge < -0.3 is 5.32 Å². The standard InChI is InChI=1S/C17H16BrN3O2/c1-2-15-19-14-6-4-3-5-13(14)17(23)21(15)20-16(22)11-7-9-12(18)10-8-11/h3-10,15,19H,2H2,1H3,(H,20,22). The number of hydrogen-bond donors (Lipinski definition) is 2. The molecule has 1 heterocycles. The summed E-state index contributed by atoms with van der Waals surface area (Å²) < 4.78 is 0.894. The monoisotopic (exact) mass is 373 g/mol. The fraction of sp³-hybridized carbons (Fsp3) is 0.176. The molecule has 0 bridgehead atoms. The molecule has 0 saturated carbocycles. The number of nitrogens with one attached hydrogen (secondary N) is 2. The van der Waals surface area contributed by atoms with Crippen LogP contribution in [0.25, 0.3) is 0 Å². The van der Waals surface area contributed by atoms with Gasteiger partial charge in [-0.1, -0.05) is 35.0 Å². The van der Waals surface area contributed by atoms with Crippen molar-refractivity contribution in [3.05, 3.63) is 64.1 Å². The second-order valence-electron chi connectivity index (χ2n) is 5.24. The molecule has 1 atom stereocenters. The Kier molecular flexibility index (Phi) is 4.34. The minimum absolute atomic E-state index is 0.211. The van der Waals surface area contributed by atoms with Crippen LogP contribution >= 0.6 is 15.9 Å². The van der Waals surface area contributed by atoms with Gasteiger partial charge in [-0.2, -0.15) is 0 Å². The quantitative estimate of drug-likeness (QED) is 0.866. The van der Waals surface area contributed by atoms with Crippen LogP contribution in [0.2, 0.25) is 0 Å². The summed E-state index contributed by atoms with van der Waals surface area (Å²) in [6.45, 7) is 1.96. The van der Waals surface area contributed by atoms with Crippen molar-refractivity contribution >= 4 is 33.4 Å². The molecule has 0 radical (unpaired) electrons. The molecule has 5 nitrogen and oxygen atoms in total. The van der Waals surface area contributed by atoms with Crippen molar-refractivity contribution in [3.8, 4) is 0 Å². The maximum atomic E-state index is 12.7. The van der Waals surface area contributed by atoms with Crippen LogP contribution in [0.5, 0.6) is 0 Å². The molecule has 2 N–H and O–H groups in total. The van der Waals surface area contributed by atoms with E-state index in [2.05, 4.69) is 26.7 Å². The zero-order valence-electron chi connectivity index (χ0n) is 12.5. The molecule has 23 heavy (non-hydrogen) atoms. The lowest BCUT2D eigenvalue weighted by molar-refractivity contribution is 0.0488. The number of nitrogens with zero attached hydrogens (tertiary/aromatic N) is 1. The molecule has 0 aromatic heterocycles. The Bertz CT molecular complexity index is 746. The Balaban J connectivity index is 1.85. The number of rotatable bonds is 3. The lowest BCUT2D eigenvalue weighted by Crippen LogP contribution is -2.57. The summed E-state index contributed by atoms with van der Waals surface area (Å²) in [5.74, 6) is -0.526. The zero-order chi connectivity index (χ0) is 16.4. The van der Waals surface area contributed by atoms with Crippen molar-refractivity contribution in [1.82, 2.24) is 10.4 Å². The highest BCUT2D eigenvalue weighted by Gasteiger charge is 2.32. The minimum Gasteiger partial charge on any atom is -0.363 e. The third kappa shape index (κ3) is 3.07. The van der Waals surface area contributed by atoms with Gasteiger partial charge >= 0.3 is 0 Å². The van der Waals surface area contributed by atoms with Gasteiger partial charge in [0.25, 0.3) is 11.8 Å². The van der Waals surface area contributed by atoms with Gasteiger partial charge in [0, 0.05) is 15.7 Å². The first-order valence-corrected chi connectivity index (χ1v) is 8.15. The first-order valence-electron chi connectivity index (χ1n) is 7.36. The lowest BCUT2D eigenvalue weighted by Gasteiger charge is -2.37. The average Bonchev–Trinajstić information content (AvgIpc) is 2.57. The third-order valence-corrected chi connectivity index (χ3v) is 4.25. The molecule has 2 amide bonds. The van der Waals surface area contributed by atoms with Crippen LogP contribution in [0.3, 0.4) is 0 Å². The summed E-state index contributed by atoms with van der Waals surface area (Å²) in [5, 5.41) is 4.64. The van der Waals surface area contributed by atoms with Crippen molar-refractivity contribution in [3.63, 3.8) is 0 Å². The van der Waals surface area contributed by atoms with Crippen LogP contribution in [0.4, 0.5) is 5.69 Å². The first-order chi connectivity index (χ1) is 11.1. The minimum atomic E-state index is -0.314. The highest BCUT2D eigenvalue weighted by atomic mass is 79.9. The Morgan fingerprint density at radius 3 is 2.61 bits per heavy atom. The molecular weight excluding hydrogens is 358 g/mol. The average molecular weight is 374 g/mol. The van der Waals surface area contributed by atoms with E-state index in [0.717, 1.165) is 10.2 Å². The highest BCUT2D eigenvalue weighted by molar-refractivity contribution is 9.10. The number of para-hydroxylation sites is 1. The molecule has 0 spiro atoms. The predicted molar refractivity (Wildman–Crippen MR) is 91.9 cm³/mol. The molecule has 6 heteroatoms. The Morgan fingerprint density at radius 2 is 1.91 bits per heavy atom. The van der Waals surface area contributed by atoms with Crippen LogP contribution < -0.4 is 10.7 Å². The fourth-order valence-electron chi connectivity index (χ4n) is 2.50. The van der Waals surface area contributed by atoms with Crippen molar-refractivity contribution in [2.24, 2.45) is 0 Å². The number of fused-ring (bicyclic) bond motifs is 1. The predicted octanol–water partition coefficient (Wildman–Crippen LogP) is 3.40. The van der Waals surface area contributed by atoms with Crippen LogP contribution in [0, 0.1) is 0 Å². The third-order valence-electron chi connectivity index (χ3n) is 3.73. The maximum absolute atomic E-state index is 12.7. The van der Waals surface area contributed by atoms with E-state index < -0.39 is 0 Å². The van der Waals surface area contributed by atoms with Gasteiger partial charge in [0.2, 0.25) is 0 Å². The number of carbonyl (C=O) groups is 2. The second kappa shape index (κ2) is 6.42. The molecule has 3 rings (SSSR count). The first kappa shape index (κ1) is 15.6. The summed E-state index contributed by atoms with van der Waals surface area (Å²) in [7, 11) is 0. The molecule has 0 aliphatic carbocycles. The van der Waals surface area contributed by atoms with Crippen molar-refractivity contribution in [2.75, 3.05) is 5.32 Å². The largest absolute Gasteiger partial charge is 0.363 e. The number of amides is 2. The molecule has 1 aliphatic heterocycles. The number of benzene rings is 2. The van der Waals surface area contributed by atoms with Crippen molar-refractivity contribution < 1.29 is 9.59 Å². The highest BCUT2D eigenvalue weighted by Crippen LogP contribution is 2.25. The smallest absolute Gasteiger partial charge is 0.276 e. The van der Waals surface area contributed by atoms with Crippen LogP contribution in [0.15, 0.2) is 53.0 Å².